The summed E-state index contributed by atoms with van der Waals surface area (Å²) >= 11 is 0. The Labute approximate surface area is 107 Å². The first kappa shape index (κ1) is 17.8. The minimum absolute atomic E-state index is 0.940. The third kappa shape index (κ3) is 7.29. The zero-order valence-electron chi connectivity index (χ0n) is 11.8. The second-order valence-corrected chi connectivity index (χ2v) is 2.73. The molecule has 1 rings (SSSR count). The maximum atomic E-state index is 4.38. The normalized spacial score (nSPS) is 8.53. The van der Waals surface area contributed by atoms with Gasteiger partial charge in [0.1, 0.15) is 0 Å². The number of pyridine rings is 1. The van der Waals surface area contributed by atoms with Crippen LogP contribution in [0.4, 0.5) is 0 Å². The summed E-state index contributed by atoms with van der Waals surface area (Å²) in [6.07, 6.45) is 7.33. The van der Waals surface area contributed by atoms with Crippen molar-refractivity contribution in [3.05, 3.63) is 54.4 Å². The lowest BCUT2D eigenvalue weighted by molar-refractivity contribution is 1.17. The van der Waals surface area contributed by atoms with Crippen LogP contribution >= 0.6 is 0 Å². The fourth-order valence-electron chi connectivity index (χ4n) is 1.05. The maximum Gasteiger partial charge on any atom is 0.0704 e. The summed E-state index contributed by atoms with van der Waals surface area (Å²) in [4.78, 5) is 4.38. The second kappa shape index (κ2) is 12.4. The van der Waals surface area contributed by atoms with E-state index >= 15 is 0 Å². The van der Waals surface area contributed by atoms with Gasteiger partial charge >= 0.3 is 0 Å². The summed E-state index contributed by atoms with van der Waals surface area (Å²) in [5, 5.41) is 0. The van der Waals surface area contributed by atoms with Gasteiger partial charge in [-0.3, -0.25) is 4.98 Å². The van der Waals surface area contributed by atoms with E-state index in [1.807, 2.05) is 58.9 Å². The monoisotopic (exact) mass is 231 g/mol. The summed E-state index contributed by atoms with van der Waals surface area (Å²) in [6, 6.07) is 3.99. The van der Waals surface area contributed by atoms with Gasteiger partial charge < -0.3 is 0 Å². The third-order valence-corrected chi connectivity index (χ3v) is 1.71. The van der Waals surface area contributed by atoms with E-state index < -0.39 is 0 Å². The molecule has 0 atom stereocenters. The molecular weight excluding hydrogens is 206 g/mol. The molecule has 0 saturated heterocycles. The SMILES string of the molecule is C=C/C=C\c1nc(C)ccc1C=C.CC.CC. The Morgan fingerprint density at radius 2 is 1.65 bits per heavy atom. The van der Waals surface area contributed by atoms with Gasteiger partial charge in [-0.25, -0.2) is 0 Å². The number of hydrogen-bond acceptors (Lipinski definition) is 1. The van der Waals surface area contributed by atoms with Crippen molar-refractivity contribution in [2.24, 2.45) is 0 Å². The Kier molecular flexibility index (Phi) is 13.0. The van der Waals surface area contributed by atoms with Gasteiger partial charge in [-0.15, -0.1) is 0 Å². The van der Waals surface area contributed by atoms with Crippen LogP contribution in [0.3, 0.4) is 0 Å². The van der Waals surface area contributed by atoms with E-state index in [0.29, 0.717) is 0 Å². The summed E-state index contributed by atoms with van der Waals surface area (Å²) in [5.74, 6) is 0. The molecule has 0 radical (unpaired) electrons. The predicted molar refractivity (Wildman–Crippen MR) is 81.0 cm³/mol. The Morgan fingerprint density at radius 1 is 1.06 bits per heavy atom. The van der Waals surface area contributed by atoms with Crippen LogP contribution in [0.5, 0.6) is 0 Å². The lowest BCUT2D eigenvalue weighted by Gasteiger charge is -2.00. The van der Waals surface area contributed by atoms with Crippen molar-refractivity contribution in [1.82, 2.24) is 4.98 Å². The predicted octanol–water partition coefficient (Wildman–Crippen LogP) is 5.28. The molecule has 0 unspecified atom stereocenters. The van der Waals surface area contributed by atoms with Crippen LogP contribution in [0, 0.1) is 6.92 Å². The van der Waals surface area contributed by atoms with Gasteiger partial charge in [0.2, 0.25) is 0 Å². The van der Waals surface area contributed by atoms with Crippen LogP contribution < -0.4 is 0 Å². The van der Waals surface area contributed by atoms with Crippen molar-refractivity contribution in [2.45, 2.75) is 34.6 Å². The van der Waals surface area contributed by atoms with E-state index in [9.17, 15) is 0 Å². The highest BCUT2D eigenvalue weighted by Gasteiger charge is 1.96. The molecule has 0 aliphatic rings. The largest absolute Gasteiger partial charge is 0.253 e. The highest BCUT2D eigenvalue weighted by Crippen LogP contribution is 2.10. The smallest absolute Gasteiger partial charge is 0.0704 e. The fraction of sp³-hybridized carbons (Fsp3) is 0.312. The van der Waals surface area contributed by atoms with Crippen molar-refractivity contribution >= 4 is 12.2 Å². The summed E-state index contributed by atoms with van der Waals surface area (Å²) in [7, 11) is 0. The van der Waals surface area contributed by atoms with Crippen molar-refractivity contribution in [2.75, 3.05) is 0 Å². The molecule has 0 amide bonds. The summed E-state index contributed by atoms with van der Waals surface area (Å²) in [5.41, 5.74) is 2.99. The quantitative estimate of drug-likeness (QED) is 0.644. The van der Waals surface area contributed by atoms with Gasteiger partial charge in [0.05, 0.1) is 5.69 Å². The average Bonchev–Trinajstić information content (AvgIpc) is 2.41. The molecule has 17 heavy (non-hydrogen) atoms. The van der Waals surface area contributed by atoms with E-state index in [-0.39, 0.29) is 0 Å². The van der Waals surface area contributed by atoms with Crippen LogP contribution in [-0.2, 0) is 0 Å². The van der Waals surface area contributed by atoms with Crippen LogP contribution in [0.2, 0.25) is 0 Å². The van der Waals surface area contributed by atoms with Crippen LogP contribution in [0.25, 0.3) is 12.2 Å². The van der Waals surface area contributed by atoms with Crippen molar-refractivity contribution in [1.29, 1.82) is 0 Å². The average molecular weight is 231 g/mol. The topological polar surface area (TPSA) is 12.9 Å². The van der Waals surface area contributed by atoms with Crippen LogP contribution in [-0.4, -0.2) is 4.98 Å². The molecule has 1 aromatic rings. The standard InChI is InChI=1S/C12H13N.2C2H6/c1-4-6-7-12-11(5-2)9-8-10(3)13-12;2*1-2/h4-9H,1-2H2,3H3;2*1-2H3/b7-6-;;. The van der Waals surface area contributed by atoms with Crippen molar-refractivity contribution in [3.63, 3.8) is 0 Å². The van der Waals surface area contributed by atoms with Gasteiger partial charge in [0, 0.05) is 5.69 Å². The zero-order chi connectivity index (χ0) is 13.7. The Hall–Kier alpha value is -1.63. The molecule has 1 aromatic heterocycles. The van der Waals surface area contributed by atoms with Crippen LogP contribution in [0.1, 0.15) is 44.6 Å². The number of aryl methyl sites for hydroxylation is 1. The van der Waals surface area contributed by atoms with Gasteiger partial charge in [-0.2, -0.15) is 0 Å². The molecule has 0 aliphatic carbocycles. The fourth-order valence-corrected chi connectivity index (χ4v) is 1.05. The number of hydrogen-bond donors (Lipinski definition) is 0. The molecule has 0 bridgehead atoms. The molecule has 1 heterocycles. The Morgan fingerprint density at radius 3 is 2.12 bits per heavy atom. The number of allylic oxidation sites excluding steroid dienone is 2. The van der Waals surface area contributed by atoms with Crippen molar-refractivity contribution in [3.8, 4) is 0 Å². The molecule has 0 aromatic carbocycles. The molecule has 0 saturated carbocycles. The molecule has 0 N–H and O–H groups in total. The number of nitrogens with zero attached hydrogens (tertiary/aromatic N) is 1. The highest BCUT2D eigenvalue weighted by atomic mass is 14.7. The lowest BCUT2D eigenvalue weighted by Crippen LogP contribution is -1.88. The maximum absolute atomic E-state index is 4.38. The molecule has 1 heteroatoms. The Balaban J connectivity index is 0. The highest BCUT2D eigenvalue weighted by molar-refractivity contribution is 5.62. The summed E-state index contributed by atoms with van der Waals surface area (Å²) < 4.78 is 0. The van der Waals surface area contributed by atoms with E-state index in [0.717, 1.165) is 17.0 Å². The third-order valence-electron chi connectivity index (χ3n) is 1.71. The first-order chi connectivity index (χ1) is 8.27. The molecule has 0 fully saturated rings. The lowest BCUT2D eigenvalue weighted by atomic mass is 10.1. The van der Waals surface area contributed by atoms with E-state index in [1.165, 1.54) is 0 Å². The molecule has 0 spiro atoms. The molecule has 94 valence electrons. The molecular formula is C16H25N. The number of rotatable bonds is 3. The number of aromatic nitrogens is 1. The van der Waals surface area contributed by atoms with Crippen molar-refractivity contribution < 1.29 is 0 Å². The van der Waals surface area contributed by atoms with E-state index in [4.69, 9.17) is 0 Å². The second-order valence-electron chi connectivity index (χ2n) is 2.73. The first-order valence-corrected chi connectivity index (χ1v) is 6.17. The van der Waals surface area contributed by atoms with Crippen LogP contribution in [0.15, 0.2) is 37.4 Å². The van der Waals surface area contributed by atoms with Gasteiger partial charge in [-0.1, -0.05) is 65.1 Å². The van der Waals surface area contributed by atoms with Gasteiger partial charge in [0.25, 0.3) is 0 Å². The minimum Gasteiger partial charge on any atom is -0.253 e. The Bertz CT molecular complexity index is 349. The zero-order valence-corrected chi connectivity index (χ0v) is 11.8. The molecule has 1 nitrogen and oxygen atoms in total. The first-order valence-electron chi connectivity index (χ1n) is 6.17. The minimum atomic E-state index is 0.940. The van der Waals surface area contributed by atoms with E-state index in [2.05, 4.69) is 18.1 Å². The van der Waals surface area contributed by atoms with E-state index in [1.54, 1.807) is 12.2 Å². The molecule has 0 aliphatic heterocycles. The summed E-state index contributed by atoms with van der Waals surface area (Å²) in [6.45, 7) is 17.3. The van der Waals surface area contributed by atoms with Gasteiger partial charge in [-0.05, 0) is 24.6 Å². The van der Waals surface area contributed by atoms with Gasteiger partial charge in [0.15, 0.2) is 0 Å².